The van der Waals surface area contributed by atoms with E-state index in [0.717, 1.165) is 17.8 Å². The van der Waals surface area contributed by atoms with Crippen molar-refractivity contribution in [3.05, 3.63) is 90.5 Å². The highest BCUT2D eigenvalue weighted by Crippen LogP contribution is 2.18. The van der Waals surface area contributed by atoms with Crippen molar-refractivity contribution in [1.82, 2.24) is 20.2 Å². The molecular formula is C20H15FN6O3S. The standard InChI is InChI=1S/C20H15FN6O3S/c21-15-3-5-17(6-4-15)24-31(29,30)19-11-1-14(2-12-19)20(28)23-16-7-9-18(10-8-16)27-13-22-25-26-27/h1-13,24H,(H,23,28). The van der Waals surface area contributed by atoms with Gasteiger partial charge in [0.2, 0.25) is 0 Å². The van der Waals surface area contributed by atoms with Gasteiger partial charge in [0, 0.05) is 16.9 Å². The van der Waals surface area contributed by atoms with Gasteiger partial charge in [0.05, 0.1) is 10.6 Å². The Morgan fingerprint density at radius 2 is 1.52 bits per heavy atom. The van der Waals surface area contributed by atoms with Crippen molar-refractivity contribution in [3.63, 3.8) is 0 Å². The number of amides is 1. The van der Waals surface area contributed by atoms with Gasteiger partial charge < -0.3 is 5.32 Å². The minimum atomic E-state index is -3.88. The minimum Gasteiger partial charge on any atom is -0.322 e. The predicted octanol–water partition coefficient (Wildman–Crippen LogP) is 2.85. The van der Waals surface area contributed by atoms with Crippen LogP contribution in [-0.4, -0.2) is 34.5 Å². The first-order valence-corrected chi connectivity index (χ1v) is 10.4. The summed E-state index contributed by atoms with van der Waals surface area (Å²) in [5.74, 6) is -0.867. The van der Waals surface area contributed by atoms with Crippen LogP contribution in [-0.2, 0) is 10.0 Å². The molecule has 0 aliphatic rings. The van der Waals surface area contributed by atoms with Crippen molar-refractivity contribution in [1.29, 1.82) is 0 Å². The molecule has 0 aliphatic heterocycles. The van der Waals surface area contributed by atoms with E-state index in [1.807, 2.05) is 0 Å². The molecule has 156 valence electrons. The quantitative estimate of drug-likeness (QED) is 0.478. The molecule has 0 saturated carbocycles. The smallest absolute Gasteiger partial charge is 0.261 e. The SMILES string of the molecule is O=C(Nc1ccc(-n2cnnn2)cc1)c1ccc(S(=O)(=O)Nc2ccc(F)cc2)cc1. The van der Waals surface area contributed by atoms with E-state index in [1.165, 1.54) is 47.4 Å². The maximum absolute atomic E-state index is 13.0. The van der Waals surface area contributed by atoms with Gasteiger partial charge in [-0.1, -0.05) is 0 Å². The fourth-order valence-corrected chi connectivity index (χ4v) is 3.76. The van der Waals surface area contributed by atoms with E-state index < -0.39 is 21.7 Å². The third kappa shape index (κ3) is 4.73. The normalized spacial score (nSPS) is 11.1. The number of tetrazole rings is 1. The first kappa shape index (κ1) is 20.2. The molecule has 4 aromatic rings. The van der Waals surface area contributed by atoms with Crippen LogP contribution in [0.5, 0.6) is 0 Å². The highest BCUT2D eigenvalue weighted by atomic mass is 32.2. The highest BCUT2D eigenvalue weighted by molar-refractivity contribution is 7.92. The number of hydrogen-bond donors (Lipinski definition) is 2. The number of nitrogens with one attached hydrogen (secondary N) is 2. The number of anilines is 2. The lowest BCUT2D eigenvalue weighted by molar-refractivity contribution is 0.102. The molecule has 4 rings (SSSR count). The molecule has 3 aromatic carbocycles. The van der Waals surface area contributed by atoms with Gasteiger partial charge in [-0.15, -0.1) is 5.10 Å². The molecule has 0 spiro atoms. The molecule has 0 fully saturated rings. The molecule has 2 N–H and O–H groups in total. The third-order valence-corrected chi connectivity index (χ3v) is 5.66. The van der Waals surface area contributed by atoms with Gasteiger partial charge in [-0.2, -0.15) is 0 Å². The Morgan fingerprint density at radius 3 is 2.13 bits per heavy atom. The molecule has 0 radical (unpaired) electrons. The molecule has 1 aromatic heterocycles. The Balaban J connectivity index is 1.43. The molecular weight excluding hydrogens is 423 g/mol. The van der Waals surface area contributed by atoms with Gasteiger partial charge in [-0.3, -0.25) is 9.52 Å². The zero-order valence-electron chi connectivity index (χ0n) is 15.8. The summed E-state index contributed by atoms with van der Waals surface area (Å²) in [4.78, 5) is 12.4. The van der Waals surface area contributed by atoms with Crippen molar-refractivity contribution in [2.24, 2.45) is 0 Å². The number of sulfonamides is 1. The Morgan fingerprint density at radius 1 is 0.871 bits per heavy atom. The number of hydrogen-bond acceptors (Lipinski definition) is 6. The van der Waals surface area contributed by atoms with E-state index in [9.17, 15) is 17.6 Å². The first-order valence-electron chi connectivity index (χ1n) is 8.94. The van der Waals surface area contributed by atoms with Gasteiger partial charge in [0.1, 0.15) is 12.1 Å². The molecule has 0 aliphatic carbocycles. The average Bonchev–Trinajstić information content (AvgIpc) is 3.31. The predicted molar refractivity (Wildman–Crippen MR) is 111 cm³/mol. The summed E-state index contributed by atoms with van der Waals surface area (Å²) in [6, 6.07) is 17.3. The van der Waals surface area contributed by atoms with E-state index in [2.05, 4.69) is 25.6 Å². The zero-order chi connectivity index (χ0) is 21.8. The summed E-state index contributed by atoms with van der Waals surface area (Å²) in [7, 11) is -3.88. The van der Waals surface area contributed by atoms with E-state index >= 15 is 0 Å². The van der Waals surface area contributed by atoms with Crippen molar-refractivity contribution in [2.75, 3.05) is 10.0 Å². The number of nitrogens with zero attached hydrogens (tertiary/aromatic N) is 4. The van der Waals surface area contributed by atoms with Gasteiger partial charge in [0.15, 0.2) is 0 Å². The van der Waals surface area contributed by atoms with Crippen LogP contribution in [0.25, 0.3) is 5.69 Å². The second kappa shape index (κ2) is 8.32. The highest BCUT2D eigenvalue weighted by Gasteiger charge is 2.15. The second-order valence-corrected chi connectivity index (χ2v) is 8.07. The van der Waals surface area contributed by atoms with Crippen LogP contribution in [0, 0.1) is 5.82 Å². The molecule has 1 amide bonds. The molecule has 1 heterocycles. The van der Waals surface area contributed by atoms with Crippen LogP contribution in [0.2, 0.25) is 0 Å². The lowest BCUT2D eigenvalue weighted by atomic mass is 10.2. The Bertz CT molecular complexity index is 1290. The van der Waals surface area contributed by atoms with Crippen LogP contribution in [0.1, 0.15) is 10.4 Å². The Labute approximate surface area is 176 Å². The molecule has 11 heteroatoms. The van der Waals surface area contributed by atoms with Gasteiger partial charge in [0.25, 0.3) is 15.9 Å². The Hall–Kier alpha value is -4.12. The molecule has 0 bridgehead atoms. The number of carbonyl (C=O) groups is 1. The van der Waals surface area contributed by atoms with E-state index in [4.69, 9.17) is 0 Å². The van der Waals surface area contributed by atoms with Crippen molar-refractivity contribution >= 4 is 27.3 Å². The number of halogens is 1. The van der Waals surface area contributed by atoms with Gasteiger partial charge >= 0.3 is 0 Å². The summed E-state index contributed by atoms with van der Waals surface area (Å²) in [5, 5.41) is 13.6. The summed E-state index contributed by atoms with van der Waals surface area (Å²) in [6.45, 7) is 0. The van der Waals surface area contributed by atoms with Crippen molar-refractivity contribution in [2.45, 2.75) is 4.90 Å². The second-order valence-electron chi connectivity index (χ2n) is 6.39. The summed E-state index contributed by atoms with van der Waals surface area (Å²) in [6.07, 6.45) is 1.45. The molecule has 0 atom stereocenters. The van der Waals surface area contributed by atoms with E-state index in [1.54, 1.807) is 24.3 Å². The maximum Gasteiger partial charge on any atom is 0.261 e. The number of aromatic nitrogens is 4. The minimum absolute atomic E-state index is 0.0285. The van der Waals surface area contributed by atoms with Crippen LogP contribution < -0.4 is 10.0 Å². The lowest BCUT2D eigenvalue weighted by Crippen LogP contribution is -2.15. The number of carbonyl (C=O) groups excluding carboxylic acids is 1. The third-order valence-electron chi connectivity index (χ3n) is 4.26. The molecule has 9 nitrogen and oxygen atoms in total. The molecule has 31 heavy (non-hydrogen) atoms. The summed E-state index contributed by atoms with van der Waals surface area (Å²) >= 11 is 0. The zero-order valence-corrected chi connectivity index (χ0v) is 16.6. The van der Waals surface area contributed by atoms with Crippen molar-refractivity contribution in [3.8, 4) is 5.69 Å². The van der Waals surface area contributed by atoms with Crippen LogP contribution >= 0.6 is 0 Å². The summed E-state index contributed by atoms with van der Waals surface area (Å²) in [5.41, 5.74) is 1.79. The van der Waals surface area contributed by atoms with E-state index in [-0.39, 0.29) is 16.1 Å². The maximum atomic E-state index is 13.0. The van der Waals surface area contributed by atoms with Gasteiger partial charge in [-0.25, -0.2) is 17.5 Å². The van der Waals surface area contributed by atoms with Crippen LogP contribution in [0.3, 0.4) is 0 Å². The molecule has 0 saturated heterocycles. The summed E-state index contributed by atoms with van der Waals surface area (Å²) < 4.78 is 41.7. The Kier molecular flexibility index (Phi) is 5.41. The first-order chi connectivity index (χ1) is 14.9. The van der Waals surface area contributed by atoms with Crippen molar-refractivity contribution < 1.29 is 17.6 Å². The van der Waals surface area contributed by atoms with Crippen LogP contribution in [0.15, 0.2) is 84.0 Å². The van der Waals surface area contributed by atoms with Crippen LogP contribution in [0.4, 0.5) is 15.8 Å². The van der Waals surface area contributed by atoms with E-state index in [0.29, 0.717) is 5.69 Å². The monoisotopic (exact) mass is 438 g/mol. The molecule has 0 unspecified atom stereocenters. The fraction of sp³-hybridized carbons (Fsp3) is 0. The average molecular weight is 438 g/mol. The fourth-order valence-electron chi connectivity index (χ4n) is 2.70. The number of rotatable bonds is 6. The lowest BCUT2D eigenvalue weighted by Gasteiger charge is -2.09. The topological polar surface area (TPSA) is 119 Å². The van der Waals surface area contributed by atoms with Gasteiger partial charge in [-0.05, 0) is 83.2 Å². The number of benzene rings is 3. The largest absolute Gasteiger partial charge is 0.322 e.